The van der Waals surface area contributed by atoms with Crippen LogP contribution in [0.2, 0.25) is 0 Å². The number of rotatable bonds is 7. The highest BCUT2D eigenvalue weighted by Gasteiger charge is 2.31. The van der Waals surface area contributed by atoms with Crippen molar-refractivity contribution in [3.05, 3.63) is 41.7 Å². The van der Waals surface area contributed by atoms with E-state index >= 15 is 0 Å². The Bertz CT molecular complexity index is 1200. The molecule has 0 bridgehead atoms. The normalized spacial score (nSPS) is 22.0. The molecule has 9 nitrogen and oxygen atoms in total. The predicted molar refractivity (Wildman–Crippen MR) is 137 cm³/mol. The number of hydrogen-bond acceptors (Lipinski definition) is 7. The zero-order valence-electron chi connectivity index (χ0n) is 21.2. The maximum Gasteiger partial charge on any atom is 0.306 e. The second-order valence-corrected chi connectivity index (χ2v) is 10.7. The van der Waals surface area contributed by atoms with E-state index in [0.717, 1.165) is 68.7 Å². The Morgan fingerprint density at radius 2 is 1.78 bits per heavy atom. The number of carbonyl (C=O) groups is 1. The van der Waals surface area contributed by atoms with Gasteiger partial charge in [-0.25, -0.2) is 0 Å². The van der Waals surface area contributed by atoms with E-state index in [-0.39, 0.29) is 12.0 Å². The molecule has 1 atom stereocenters. The van der Waals surface area contributed by atoms with Crippen LogP contribution in [-0.2, 0) is 16.1 Å². The van der Waals surface area contributed by atoms with Crippen LogP contribution in [0.1, 0.15) is 81.2 Å². The predicted octanol–water partition coefficient (Wildman–Crippen LogP) is 5.25. The number of aliphatic carboxylic acids is 1. The molecule has 6 rings (SSSR count). The smallest absolute Gasteiger partial charge is 0.306 e. The standard InChI is InChI=1S/C28H35N5O4/c34-28(35)21-12-14-32(15-13-21)18-19-8-10-20(11-9-19)26-30-27(37-31-26)23-17-29-33(22-5-2-1-3-6-22)25(23)24-7-4-16-36-24/h8-11,17,21-22,24H,1-7,12-16,18H2,(H,34,35). The maximum atomic E-state index is 11.2. The second-order valence-electron chi connectivity index (χ2n) is 10.7. The molecule has 1 aromatic carbocycles. The summed E-state index contributed by atoms with van der Waals surface area (Å²) in [6, 6.07) is 8.65. The van der Waals surface area contributed by atoms with Crippen LogP contribution < -0.4 is 0 Å². The summed E-state index contributed by atoms with van der Waals surface area (Å²) in [6.07, 6.45) is 11.5. The fourth-order valence-corrected chi connectivity index (χ4v) is 6.07. The van der Waals surface area contributed by atoms with E-state index in [0.29, 0.717) is 30.6 Å². The molecule has 0 amide bonds. The molecule has 2 aromatic heterocycles. The van der Waals surface area contributed by atoms with Crippen LogP contribution in [0.5, 0.6) is 0 Å². The van der Waals surface area contributed by atoms with Gasteiger partial charge in [0.1, 0.15) is 6.10 Å². The first-order valence-corrected chi connectivity index (χ1v) is 13.7. The Kier molecular flexibility index (Phi) is 7.06. The van der Waals surface area contributed by atoms with E-state index in [4.69, 9.17) is 19.3 Å². The zero-order valence-corrected chi connectivity index (χ0v) is 21.2. The molecule has 3 aliphatic rings. The lowest BCUT2D eigenvalue weighted by molar-refractivity contribution is -0.143. The molecule has 4 heterocycles. The van der Waals surface area contributed by atoms with Gasteiger partial charge in [0.2, 0.25) is 5.82 Å². The SMILES string of the molecule is O=C(O)C1CCN(Cc2ccc(-c3noc(-c4cnn(C5CCCCC5)c4C4CCCO4)n3)cc2)CC1. The summed E-state index contributed by atoms with van der Waals surface area (Å²) in [5.74, 6) is 0.176. The van der Waals surface area contributed by atoms with Crippen molar-refractivity contribution in [2.45, 2.75) is 76.5 Å². The molecular formula is C28H35N5O4. The molecule has 2 saturated heterocycles. The van der Waals surface area contributed by atoms with Gasteiger partial charge < -0.3 is 14.4 Å². The quantitative estimate of drug-likeness (QED) is 0.464. The van der Waals surface area contributed by atoms with Gasteiger partial charge in [0.15, 0.2) is 0 Å². The lowest BCUT2D eigenvalue weighted by atomic mass is 9.95. The van der Waals surface area contributed by atoms with E-state index < -0.39 is 5.97 Å². The number of ether oxygens (including phenoxy) is 1. The van der Waals surface area contributed by atoms with E-state index in [1.807, 2.05) is 18.3 Å². The minimum atomic E-state index is -0.673. The molecule has 196 valence electrons. The average Bonchev–Trinajstić information content (AvgIpc) is 3.70. The molecule has 1 saturated carbocycles. The molecule has 0 radical (unpaired) electrons. The second kappa shape index (κ2) is 10.8. The van der Waals surface area contributed by atoms with Crippen molar-refractivity contribution in [3.8, 4) is 22.8 Å². The molecule has 1 unspecified atom stereocenters. The topological polar surface area (TPSA) is 107 Å². The third-order valence-electron chi connectivity index (χ3n) is 8.20. The maximum absolute atomic E-state index is 11.2. The van der Waals surface area contributed by atoms with E-state index in [1.165, 1.54) is 24.8 Å². The van der Waals surface area contributed by atoms with Gasteiger partial charge in [-0.2, -0.15) is 10.1 Å². The number of aromatic nitrogens is 4. The Morgan fingerprint density at radius 1 is 1.00 bits per heavy atom. The first-order chi connectivity index (χ1) is 18.2. The molecule has 0 spiro atoms. The molecule has 1 aliphatic carbocycles. The van der Waals surface area contributed by atoms with Gasteiger partial charge in [0, 0.05) is 18.7 Å². The van der Waals surface area contributed by atoms with E-state index in [9.17, 15) is 9.90 Å². The van der Waals surface area contributed by atoms with Crippen molar-refractivity contribution in [1.82, 2.24) is 24.8 Å². The molecule has 9 heteroatoms. The molecule has 2 aliphatic heterocycles. The highest BCUT2D eigenvalue weighted by molar-refractivity contribution is 5.70. The van der Waals surface area contributed by atoms with Crippen molar-refractivity contribution in [1.29, 1.82) is 0 Å². The van der Waals surface area contributed by atoms with Gasteiger partial charge >= 0.3 is 5.97 Å². The Labute approximate surface area is 216 Å². The zero-order chi connectivity index (χ0) is 25.2. The number of carboxylic acid groups (broad SMARTS) is 1. The number of likely N-dealkylation sites (tertiary alicyclic amines) is 1. The van der Waals surface area contributed by atoms with Crippen molar-refractivity contribution in [3.63, 3.8) is 0 Å². The van der Waals surface area contributed by atoms with Gasteiger partial charge in [0.05, 0.1) is 29.4 Å². The summed E-state index contributed by atoms with van der Waals surface area (Å²) in [5, 5.41) is 18.3. The van der Waals surface area contributed by atoms with Crippen molar-refractivity contribution < 1.29 is 19.2 Å². The number of piperidine rings is 1. The number of nitrogens with zero attached hydrogens (tertiary/aromatic N) is 5. The minimum Gasteiger partial charge on any atom is -0.481 e. The Balaban J connectivity index is 1.18. The third-order valence-corrected chi connectivity index (χ3v) is 8.20. The number of hydrogen-bond donors (Lipinski definition) is 1. The Morgan fingerprint density at radius 3 is 2.49 bits per heavy atom. The first kappa shape index (κ1) is 24.3. The van der Waals surface area contributed by atoms with Crippen LogP contribution >= 0.6 is 0 Å². The minimum absolute atomic E-state index is 0.0228. The third kappa shape index (κ3) is 5.20. The van der Waals surface area contributed by atoms with Crippen LogP contribution in [0.25, 0.3) is 22.8 Å². The largest absolute Gasteiger partial charge is 0.481 e. The molecule has 37 heavy (non-hydrogen) atoms. The molecule has 3 fully saturated rings. The van der Waals surface area contributed by atoms with Crippen LogP contribution in [0.15, 0.2) is 35.0 Å². The fourth-order valence-electron chi connectivity index (χ4n) is 6.07. The highest BCUT2D eigenvalue weighted by atomic mass is 16.5. The summed E-state index contributed by atoms with van der Waals surface area (Å²) in [5.41, 5.74) is 4.07. The number of carboxylic acids is 1. The fraction of sp³-hybridized carbons (Fsp3) is 0.571. The average molecular weight is 506 g/mol. The molecule has 3 aromatic rings. The lowest BCUT2D eigenvalue weighted by Gasteiger charge is -2.30. The van der Waals surface area contributed by atoms with E-state index in [1.54, 1.807) is 0 Å². The van der Waals surface area contributed by atoms with Gasteiger partial charge in [0.25, 0.3) is 5.89 Å². The van der Waals surface area contributed by atoms with Gasteiger partial charge in [-0.1, -0.05) is 48.7 Å². The van der Waals surface area contributed by atoms with E-state index in [2.05, 4.69) is 26.9 Å². The van der Waals surface area contributed by atoms with Crippen LogP contribution in [-0.4, -0.2) is 55.6 Å². The van der Waals surface area contributed by atoms with Gasteiger partial charge in [-0.3, -0.25) is 14.4 Å². The summed E-state index contributed by atoms with van der Waals surface area (Å²) in [4.78, 5) is 18.3. The number of benzene rings is 1. The molecule has 1 N–H and O–H groups in total. The van der Waals surface area contributed by atoms with Gasteiger partial charge in [-0.05, 0) is 57.2 Å². The van der Waals surface area contributed by atoms with Crippen molar-refractivity contribution in [2.75, 3.05) is 19.7 Å². The summed E-state index contributed by atoms with van der Waals surface area (Å²) >= 11 is 0. The monoisotopic (exact) mass is 505 g/mol. The lowest BCUT2D eigenvalue weighted by Crippen LogP contribution is -2.35. The molecular weight excluding hydrogens is 470 g/mol. The van der Waals surface area contributed by atoms with Crippen LogP contribution in [0.4, 0.5) is 0 Å². The van der Waals surface area contributed by atoms with Crippen molar-refractivity contribution in [2.24, 2.45) is 5.92 Å². The Hall–Kier alpha value is -3.04. The first-order valence-electron chi connectivity index (χ1n) is 13.7. The van der Waals surface area contributed by atoms with Crippen LogP contribution in [0, 0.1) is 5.92 Å². The van der Waals surface area contributed by atoms with Gasteiger partial charge in [-0.15, -0.1) is 0 Å². The van der Waals surface area contributed by atoms with Crippen LogP contribution in [0.3, 0.4) is 0 Å². The summed E-state index contributed by atoms with van der Waals surface area (Å²) in [7, 11) is 0. The summed E-state index contributed by atoms with van der Waals surface area (Å²) in [6.45, 7) is 3.22. The highest BCUT2D eigenvalue weighted by Crippen LogP contribution is 2.39. The van der Waals surface area contributed by atoms with Crippen molar-refractivity contribution >= 4 is 5.97 Å². The summed E-state index contributed by atoms with van der Waals surface area (Å²) < 4.78 is 14.0.